The van der Waals surface area contributed by atoms with Crippen LogP contribution in [0.1, 0.15) is 67.2 Å². The first-order valence-electron chi connectivity index (χ1n) is 7.43. The molecule has 0 saturated carbocycles. The van der Waals surface area contributed by atoms with Gasteiger partial charge in [-0.3, -0.25) is 4.79 Å². The van der Waals surface area contributed by atoms with Gasteiger partial charge in [-0.2, -0.15) is 0 Å². The molecule has 0 heterocycles. The molecule has 18 heavy (non-hydrogen) atoms. The summed E-state index contributed by atoms with van der Waals surface area (Å²) >= 11 is 0. The van der Waals surface area contributed by atoms with Crippen molar-refractivity contribution >= 4 is 5.91 Å². The lowest BCUT2D eigenvalue weighted by atomic mass is 10.0. The number of amides is 1. The quantitative estimate of drug-likeness (QED) is 0.665. The first-order chi connectivity index (χ1) is 8.36. The second kappa shape index (κ2) is 9.37. The highest BCUT2D eigenvalue weighted by molar-refractivity contribution is 5.81. The fourth-order valence-electron chi connectivity index (χ4n) is 1.89. The number of rotatable bonds is 9. The molecular weight excluding hydrogens is 224 g/mol. The normalized spacial score (nSPS) is 16.4. The summed E-state index contributed by atoms with van der Waals surface area (Å²) in [5.74, 6) is 0.878. The van der Waals surface area contributed by atoms with E-state index >= 15 is 0 Å². The number of carbonyl (C=O) groups excluding carboxylic acids is 1. The van der Waals surface area contributed by atoms with Gasteiger partial charge in [0, 0.05) is 12.1 Å². The van der Waals surface area contributed by atoms with E-state index in [-0.39, 0.29) is 18.0 Å². The van der Waals surface area contributed by atoms with Gasteiger partial charge in [0.1, 0.15) is 0 Å². The van der Waals surface area contributed by atoms with Gasteiger partial charge in [-0.05, 0) is 39.5 Å². The van der Waals surface area contributed by atoms with Crippen LogP contribution < -0.4 is 10.6 Å². The minimum Gasteiger partial charge on any atom is -0.352 e. The van der Waals surface area contributed by atoms with Gasteiger partial charge in [0.2, 0.25) is 5.91 Å². The Hall–Kier alpha value is -0.570. The summed E-state index contributed by atoms with van der Waals surface area (Å²) in [7, 11) is 0. The molecule has 0 aliphatic rings. The van der Waals surface area contributed by atoms with Crippen LogP contribution >= 0.6 is 0 Å². The zero-order valence-electron chi connectivity index (χ0n) is 13.0. The van der Waals surface area contributed by atoms with E-state index in [1.807, 2.05) is 13.8 Å². The van der Waals surface area contributed by atoms with Crippen molar-refractivity contribution in [2.24, 2.45) is 5.92 Å². The Labute approximate surface area is 113 Å². The number of carbonyl (C=O) groups is 1. The summed E-state index contributed by atoms with van der Waals surface area (Å²) in [5.41, 5.74) is 0. The van der Waals surface area contributed by atoms with Gasteiger partial charge in [0.05, 0.1) is 6.04 Å². The molecular formula is C15H32N2O. The van der Waals surface area contributed by atoms with Crippen molar-refractivity contribution in [1.29, 1.82) is 0 Å². The highest BCUT2D eigenvalue weighted by Crippen LogP contribution is 2.08. The van der Waals surface area contributed by atoms with Crippen LogP contribution in [0.5, 0.6) is 0 Å². The molecule has 0 saturated heterocycles. The van der Waals surface area contributed by atoms with E-state index in [9.17, 15) is 4.79 Å². The molecule has 0 spiro atoms. The van der Waals surface area contributed by atoms with E-state index in [1.54, 1.807) is 0 Å². The molecule has 3 atom stereocenters. The van der Waals surface area contributed by atoms with E-state index in [4.69, 9.17) is 0 Å². The van der Waals surface area contributed by atoms with Crippen molar-refractivity contribution < 1.29 is 4.79 Å². The van der Waals surface area contributed by atoms with E-state index in [0.29, 0.717) is 6.04 Å². The summed E-state index contributed by atoms with van der Waals surface area (Å²) in [6.07, 6.45) is 4.60. The molecule has 0 aliphatic carbocycles. The molecule has 0 aromatic heterocycles. The van der Waals surface area contributed by atoms with Crippen molar-refractivity contribution in [1.82, 2.24) is 10.6 Å². The third kappa shape index (κ3) is 8.51. The third-order valence-electron chi connectivity index (χ3n) is 3.35. The smallest absolute Gasteiger partial charge is 0.237 e. The fraction of sp³-hybridized carbons (Fsp3) is 0.933. The van der Waals surface area contributed by atoms with Crippen LogP contribution in [0, 0.1) is 5.92 Å². The van der Waals surface area contributed by atoms with Crippen molar-refractivity contribution in [3.05, 3.63) is 0 Å². The van der Waals surface area contributed by atoms with Gasteiger partial charge >= 0.3 is 0 Å². The van der Waals surface area contributed by atoms with Crippen LogP contribution in [0.25, 0.3) is 0 Å². The maximum absolute atomic E-state index is 11.9. The Morgan fingerprint density at radius 2 is 1.61 bits per heavy atom. The molecule has 1 amide bonds. The van der Waals surface area contributed by atoms with Crippen LogP contribution in [-0.4, -0.2) is 24.0 Å². The molecule has 0 rings (SSSR count). The Morgan fingerprint density at radius 3 is 2.11 bits per heavy atom. The summed E-state index contributed by atoms with van der Waals surface area (Å²) in [6.45, 7) is 12.7. The van der Waals surface area contributed by atoms with E-state index in [2.05, 4.69) is 38.3 Å². The lowest BCUT2D eigenvalue weighted by molar-refractivity contribution is -0.123. The molecule has 0 aliphatic heterocycles. The second-order valence-electron chi connectivity index (χ2n) is 5.93. The Balaban J connectivity index is 3.84. The molecule has 3 unspecified atom stereocenters. The number of hydrogen-bond donors (Lipinski definition) is 2. The highest BCUT2D eigenvalue weighted by Gasteiger charge is 2.16. The molecule has 0 aromatic rings. The third-order valence-corrected chi connectivity index (χ3v) is 3.35. The van der Waals surface area contributed by atoms with Crippen molar-refractivity contribution in [3.8, 4) is 0 Å². The van der Waals surface area contributed by atoms with Crippen LogP contribution in [0.4, 0.5) is 0 Å². The zero-order valence-corrected chi connectivity index (χ0v) is 13.0. The molecule has 0 aromatic carbocycles. The van der Waals surface area contributed by atoms with Gasteiger partial charge in [0.15, 0.2) is 0 Å². The number of hydrogen-bond acceptors (Lipinski definition) is 2. The summed E-state index contributed by atoms with van der Waals surface area (Å²) in [6, 6.07) is 0.562. The molecule has 3 heteroatoms. The SMILES string of the molecule is CCC(C)NC(=O)C(C)NC(C)CCCC(C)C. The second-order valence-corrected chi connectivity index (χ2v) is 5.93. The average Bonchev–Trinajstić information content (AvgIpc) is 2.27. The van der Waals surface area contributed by atoms with Crippen molar-refractivity contribution in [3.63, 3.8) is 0 Å². The van der Waals surface area contributed by atoms with Gasteiger partial charge in [-0.1, -0.05) is 33.6 Å². The summed E-state index contributed by atoms with van der Waals surface area (Å²) < 4.78 is 0. The van der Waals surface area contributed by atoms with Crippen LogP contribution in [0.2, 0.25) is 0 Å². The summed E-state index contributed by atoms with van der Waals surface area (Å²) in [4.78, 5) is 11.9. The van der Waals surface area contributed by atoms with Gasteiger partial charge < -0.3 is 10.6 Å². The predicted molar refractivity (Wildman–Crippen MR) is 78.6 cm³/mol. The Morgan fingerprint density at radius 1 is 1.00 bits per heavy atom. The number of nitrogens with one attached hydrogen (secondary N) is 2. The largest absolute Gasteiger partial charge is 0.352 e. The predicted octanol–water partition coefficient (Wildman–Crippen LogP) is 3.09. The van der Waals surface area contributed by atoms with Crippen molar-refractivity contribution in [2.45, 2.75) is 85.4 Å². The van der Waals surface area contributed by atoms with Gasteiger partial charge in [0.25, 0.3) is 0 Å². The standard InChI is InChI=1S/C15H32N2O/c1-7-12(4)17-15(18)14(6)16-13(5)10-8-9-11(2)3/h11-14,16H,7-10H2,1-6H3,(H,17,18). The van der Waals surface area contributed by atoms with E-state index < -0.39 is 0 Å². The van der Waals surface area contributed by atoms with Gasteiger partial charge in [-0.15, -0.1) is 0 Å². The lowest BCUT2D eigenvalue weighted by Crippen LogP contribution is -2.48. The molecule has 0 bridgehead atoms. The monoisotopic (exact) mass is 256 g/mol. The first kappa shape index (κ1) is 17.4. The minimum atomic E-state index is -0.104. The molecule has 0 radical (unpaired) electrons. The molecule has 3 nitrogen and oxygen atoms in total. The molecule has 2 N–H and O–H groups in total. The average molecular weight is 256 g/mol. The fourth-order valence-corrected chi connectivity index (χ4v) is 1.89. The van der Waals surface area contributed by atoms with Crippen LogP contribution in [0.15, 0.2) is 0 Å². The Bertz CT molecular complexity index is 229. The molecule has 0 fully saturated rings. The lowest BCUT2D eigenvalue weighted by Gasteiger charge is -2.21. The maximum atomic E-state index is 11.9. The summed E-state index contributed by atoms with van der Waals surface area (Å²) in [5, 5.41) is 6.38. The van der Waals surface area contributed by atoms with Gasteiger partial charge in [-0.25, -0.2) is 0 Å². The highest BCUT2D eigenvalue weighted by atomic mass is 16.2. The molecule has 108 valence electrons. The first-order valence-corrected chi connectivity index (χ1v) is 7.43. The maximum Gasteiger partial charge on any atom is 0.237 e. The van der Waals surface area contributed by atoms with Crippen LogP contribution in [-0.2, 0) is 4.79 Å². The van der Waals surface area contributed by atoms with E-state index in [0.717, 1.165) is 18.8 Å². The minimum absolute atomic E-state index is 0.104. The zero-order chi connectivity index (χ0) is 14.1. The topological polar surface area (TPSA) is 41.1 Å². The Kier molecular flexibility index (Phi) is 9.08. The van der Waals surface area contributed by atoms with E-state index in [1.165, 1.54) is 12.8 Å². The van der Waals surface area contributed by atoms with Crippen LogP contribution in [0.3, 0.4) is 0 Å². The van der Waals surface area contributed by atoms with Crippen molar-refractivity contribution in [2.75, 3.05) is 0 Å².